The number of ether oxygens (including phenoxy) is 2. The molecule has 8 heteroatoms. The van der Waals surface area contributed by atoms with Crippen molar-refractivity contribution in [3.05, 3.63) is 78.4 Å². The number of amides is 1. The van der Waals surface area contributed by atoms with E-state index in [9.17, 15) is 9.59 Å². The molecule has 0 bridgehead atoms. The molecule has 0 aliphatic heterocycles. The van der Waals surface area contributed by atoms with Crippen LogP contribution in [0, 0.1) is 0 Å². The zero-order chi connectivity index (χ0) is 20.5. The molecular weight excluding hydrogens is 372 g/mol. The predicted octanol–water partition coefficient (Wildman–Crippen LogP) is 2.10. The topological polar surface area (TPSA) is 86.5 Å². The first kappa shape index (κ1) is 20.2. The maximum absolute atomic E-state index is 12.6. The van der Waals surface area contributed by atoms with E-state index < -0.39 is 5.97 Å². The van der Waals surface area contributed by atoms with Crippen LogP contribution in [0.5, 0.6) is 0 Å². The molecule has 1 amide bonds. The van der Waals surface area contributed by atoms with Crippen molar-refractivity contribution in [2.75, 3.05) is 26.9 Å². The van der Waals surface area contributed by atoms with Crippen molar-refractivity contribution in [2.45, 2.75) is 6.54 Å². The van der Waals surface area contributed by atoms with Gasteiger partial charge in [-0.1, -0.05) is 30.3 Å². The van der Waals surface area contributed by atoms with Crippen LogP contribution in [0.25, 0.3) is 5.69 Å². The second kappa shape index (κ2) is 10.1. The summed E-state index contributed by atoms with van der Waals surface area (Å²) in [5.41, 5.74) is 2.11. The quantitative estimate of drug-likeness (QED) is 0.517. The lowest BCUT2D eigenvalue weighted by atomic mass is 10.2. The summed E-state index contributed by atoms with van der Waals surface area (Å²) in [7, 11) is 1.58. The molecule has 29 heavy (non-hydrogen) atoms. The van der Waals surface area contributed by atoms with Crippen LogP contribution in [-0.2, 0) is 20.8 Å². The Morgan fingerprint density at radius 2 is 1.83 bits per heavy atom. The number of nitrogens with zero attached hydrogens (tertiary/aromatic N) is 4. The van der Waals surface area contributed by atoms with Crippen LogP contribution in [0.4, 0.5) is 0 Å². The second-order valence-electron chi connectivity index (χ2n) is 6.26. The van der Waals surface area contributed by atoms with Crippen LogP contribution >= 0.6 is 0 Å². The Kier molecular flexibility index (Phi) is 7.07. The van der Waals surface area contributed by atoms with Gasteiger partial charge in [-0.2, -0.15) is 5.10 Å². The van der Waals surface area contributed by atoms with E-state index in [2.05, 4.69) is 10.1 Å². The minimum Gasteiger partial charge on any atom is -0.452 e. The molecule has 0 aliphatic carbocycles. The Morgan fingerprint density at radius 3 is 2.48 bits per heavy atom. The fraction of sp³-hybridized carbons (Fsp3) is 0.238. The molecule has 3 aromatic rings. The van der Waals surface area contributed by atoms with Crippen molar-refractivity contribution >= 4 is 11.9 Å². The average molecular weight is 394 g/mol. The number of aromatic nitrogens is 3. The van der Waals surface area contributed by atoms with E-state index in [-0.39, 0.29) is 12.5 Å². The second-order valence-corrected chi connectivity index (χ2v) is 6.26. The summed E-state index contributed by atoms with van der Waals surface area (Å²) in [6, 6.07) is 16.3. The highest BCUT2D eigenvalue weighted by Gasteiger charge is 2.17. The fourth-order valence-electron chi connectivity index (χ4n) is 2.69. The number of benzene rings is 2. The van der Waals surface area contributed by atoms with E-state index in [0.29, 0.717) is 25.3 Å². The van der Waals surface area contributed by atoms with Crippen molar-refractivity contribution in [1.82, 2.24) is 19.7 Å². The Morgan fingerprint density at radius 1 is 1.07 bits per heavy atom. The molecule has 0 unspecified atom stereocenters. The van der Waals surface area contributed by atoms with Gasteiger partial charge in [0.05, 0.1) is 17.9 Å². The molecule has 150 valence electrons. The summed E-state index contributed by atoms with van der Waals surface area (Å²) in [6.45, 7) is 0.901. The third-order valence-electron chi connectivity index (χ3n) is 4.25. The Hall–Kier alpha value is -3.52. The molecule has 3 rings (SSSR count). The summed E-state index contributed by atoms with van der Waals surface area (Å²) in [5.74, 6) is -0.839. The van der Waals surface area contributed by atoms with E-state index in [1.807, 2.05) is 30.3 Å². The molecule has 0 radical (unpaired) electrons. The standard InChI is InChI=1S/C21H22N4O4/c1-28-12-11-24(13-17-5-3-2-4-6-17)20(26)14-29-21(27)18-7-9-19(10-8-18)25-16-22-15-23-25/h2-10,15-16H,11-14H2,1H3. The predicted molar refractivity (Wildman–Crippen MR) is 105 cm³/mol. The van der Waals surface area contributed by atoms with Crippen molar-refractivity contribution in [3.8, 4) is 5.69 Å². The van der Waals surface area contributed by atoms with Gasteiger partial charge in [0.25, 0.3) is 5.91 Å². The molecule has 0 N–H and O–H groups in total. The maximum Gasteiger partial charge on any atom is 0.338 e. The first-order valence-electron chi connectivity index (χ1n) is 9.10. The number of esters is 1. The van der Waals surface area contributed by atoms with Crippen LogP contribution in [0.15, 0.2) is 67.3 Å². The van der Waals surface area contributed by atoms with Gasteiger partial charge in [-0.3, -0.25) is 4.79 Å². The van der Waals surface area contributed by atoms with Crippen molar-refractivity contribution in [3.63, 3.8) is 0 Å². The molecule has 0 atom stereocenters. The van der Waals surface area contributed by atoms with E-state index in [1.54, 1.807) is 47.3 Å². The number of rotatable bonds is 9. The van der Waals surface area contributed by atoms with Gasteiger partial charge < -0.3 is 14.4 Å². The van der Waals surface area contributed by atoms with Crippen LogP contribution in [0.3, 0.4) is 0 Å². The van der Waals surface area contributed by atoms with Gasteiger partial charge in [0.15, 0.2) is 6.61 Å². The van der Waals surface area contributed by atoms with E-state index in [0.717, 1.165) is 11.3 Å². The monoisotopic (exact) mass is 394 g/mol. The molecule has 1 heterocycles. The van der Waals surface area contributed by atoms with Crippen LogP contribution in [0.1, 0.15) is 15.9 Å². The first-order chi connectivity index (χ1) is 14.2. The lowest BCUT2D eigenvalue weighted by Gasteiger charge is -2.22. The average Bonchev–Trinajstić information content (AvgIpc) is 3.30. The smallest absolute Gasteiger partial charge is 0.338 e. The zero-order valence-corrected chi connectivity index (χ0v) is 16.1. The van der Waals surface area contributed by atoms with Crippen LogP contribution < -0.4 is 0 Å². The van der Waals surface area contributed by atoms with Gasteiger partial charge in [-0.15, -0.1) is 0 Å². The van der Waals surface area contributed by atoms with Gasteiger partial charge in [0.1, 0.15) is 12.7 Å². The Balaban J connectivity index is 1.57. The van der Waals surface area contributed by atoms with Gasteiger partial charge in [0, 0.05) is 20.2 Å². The Bertz CT molecular complexity index is 912. The molecule has 8 nitrogen and oxygen atoms in total. The van der Waals surface area contributed by atoms with Crippen molar-refractivity contribution < 1.29 is 19.1 Å². The van der Waals surface area contributed by atoms with Gasteiger partial charge in [-0.25, -0.2) is 14.5 Å². The lowest BCUT2D eigenvalue weighted by molar-refractivity contribution is -0.135. The van der Waals surface area contributed by atoms with Crippen LogP contribution in [0.2, 0.25) is 0 Å². The third-order valence-corrected chi connectivity index (χ3v) is 4.25. The maximum atomic E-state index is 12.6. The first-order valence-corrected chi connectivity index (χ1v) is 9.10. The molecule has 2 aromatic carbocycles. The van der Waals surface area contributed by atoms with Gasteiger partial charge >= 0.3 is 5.97 Å². The van der Waals surface area contributed by atoms with Crippen molar-refractivity contribution in [2.24, 2.45) is 0 Å². The van der Waals surface area contributed by atoms with E-state index in [1.165, 1.54) is 6.33 Å². The minimum atomic E-state index is -0.560. The minimum absolute atomic E-state index is 0.279. The fourth-order valence-corrected chi connectivity index (χ4v) is 2.69. The molecule has 0 saturated heterocycles. The van der Waals surface area contributed by atoms with Gasteiger partial charge in [-0.05, 0) is 29.8 Å². The highest BCUT2D eigenvalue weighted by molar-refractivity contribution is 5.91. The SMILES string of the molecule is COCCN(Cc1ccccc1)C(=O)COC(=O)c1ccc(-n2cncn2)cc1. The molecule has 0 spiro atoms. The summed E-state index contributed by atoms with van der Waals surface area (Å²) in [5, 5.41) is 4.03. The molecule has 0 aliphatic rings. The largest absolute Gasteiger partial charge is 0.452 e. The van der Waals surface area contributed by atoms with Gasteiger partial charge in [0.2, 0.25) is 0 Å². The summed E-state index contributed by atoms with van der Waals surface area (Å²) in [6.07, 6.45) is 2.99. The number of hydrogen-bond acceptors (Lipinski definition) is 6. The summed E-state index contributed by atoms with van der Waals surface area (Å²) in [4.78, 5) is 30.4. The number of hydrogen-bond donors (Lipinski definition) is 0. The number of carbonyl (C=O) groups excluding carboxylic acids is 2. The molecule has 1 aromatic heterocycles. The highest BCUT2D eigenvalue weighted by atomic mass is 16.5. The molecule has 0 fully saturated rings. The Labute approximate surface area is 168 Å². The normalized spacial score (nSPS) is 10.5. The summed E-state index contributed by atoms with van der Waals surface area (Å²) < 4.78 is 11.9. The molecule has 0 saturated carbocycles. The van der Waals surface area contributed by atoms with E-state index >= 15 is 0 Å². The highest BCUT2D eigenvalue weighted by Crippen LogP contribution is 2.10. The zero-order valence-electron chi connectivity index (χ0n) is 16.1. The number of carbonyl (C=O) groups is 2. The molecular formula is C21H22N4O4. The van der Waals surface area contributed by atoms with Crippen molar-refractivity contribution in [1.29, 1.82) is 0 Å². The van der Waals surface area contributed by atoms with E-state index in [4.69, 9.17) is 9.47 Å². The lowest BCUT2D eigenvalue weighted by Crippen LogP contribution is -2.36. The third kappa shape index (κ3) is 5.73. The number of methoxy groups -OCH3 is 1. The van der Waals surface area contributed by atoms with Crippen LogP contribution in [-0.4, -0.2) is 58.4 Å². The summed E-state index contributed by atoms with van der Waals surface area (Å²) >= 11 is 0.